The smallest absolute Gasteiger partial charge is 0.296 e. The molecule has 4 rings (SSSR count). The third-order valence-electron chi connectivity index (χ3n) is 6.29. The summed E-state index contributed by atoms with van der Waals surface area (Å²) < 4.78 is 4.81. The van der Waals surface area contributed by atoms with Crippen LogP contribution in [0.25, 0.3) is 22.5 Å². The standard InChI is InChI=1S/C28H29N2O2/c1-5-28(4,23-13-9-12-22(17-23)19(2)3)18-20-14-15-24(21-10-7-6-8-11-21)25(16-20)26-29-27(31)32-30-26/h5-17,19H,18H2,1-4H3,(H,29,30,31). The molecule has 163 valence electrons. The highest BCUT2D eigenvalue weighted by molar-refractivity contribution is 5.80. The van der Waals surface area contributed by atoms with Crippen molar-refractivity contribution in [1.29, 1.82) is 0 Å². The molecule has 0 fully saturated rings. The topological polar surface area (TPSA) is 58.9 Å². The maximum atomic E-state index is 11.7. The molecule has 1 N–H and O–H groups in total. The van der Waals surface area contributed by atoms with Crippen LogP contribution in [0.4, 0.5) is 0 Å². The van der Waals surface area contributed by atoms with E-state index in [1.165, 1.54) is 16.7 Å². The van der Waals surface area contributed by atoms with Gasteiger partial charge in [0.2, 0.25) is 0 Å². The van der Waals surface area contributed by atoms with Gasteiger partial charge in [-0.3, -0.25) is 9.51 Å². The molecule has 0 aliphatic heterocycles. The summed E-state index contributed by atoms with van der Waals surface area (Å²) in [6.07, 6.45) is 3.10. The van der Waals surface area contributed by atoms with E-state index in [-0.39, 0.29) is 5.41 Å². The van der Waals surface area contributed by atoms with E-state index < -0.39 is 5.76 Å². The van der Waals surface area contributed by atoms with E-state index >= 15 is 0 Å². The maximum absolute atomic E-state index is 11.7. The fourth-order valence-electron chi connectivity index (χ4n) is 4.16. The Morgan fingerprint density at radius 3 is 2.44 bits per heavy atom. The highest BCUT2D eigenvalue weighted by atomic mass is 16.5. The van der Waals surface area contributed by atoms with Crippen LogP contribution in [0.15, 0.2) is 82.1 Å². The lowest BCUT2D eigenvalue weighted by Crippen LogP contribution is -2.25. The molecule has 0 saturated carbocycles. The van der Waals surface area contributed by atoms with Crippen molar-refractivity contribution in [1.82, 2.24) is 10.1 Å². The predicted molar refractivity (Wildman–Crippen MR) is 130 cm³/mol. The van der Waals surface area contributed by atoms with Crippen LogP contribution in [-0.4, -0.2) is 10.1 Å². The van der Waals surface area contributed by atoms with Crippen LogP contribution in [0.2, 0.25) is 0 Å². The number of hydrogen-bond donors (Lipinski definition) is 1. The monoisotopic (exact) mass is 425 g/mol. The number of rotatable bonds is 7. The van der Waals surface area contributed by atoms with E-state index in [0.717, 1.165) is 23.1 Å². The van der Waals surface area contributed by atoms with Gasteiger partial charge in [-0.05, 0) is 58.1 Å². The second-order valence-corrected chi connectivity index (χ2v) is 8.85. The zero-order chi connectivity index (χ0) is 22.7. The highest BCUT2D eigenvalue weighted by Gasteiger charge is 2.26. The summed E-state index contributed by atoms with van der Waals surface area (Å²) in [5.41, 5.74) is 6.60. The Bertz CT molecular complexity index is 1250. The molecule has 4 nitrogen and oxygen atoms in total. The van der Waals surface area contributed by atoms with Gasteiger partial charge in [0.15, 0.2) is 5.82 Å². The summed E-state index contributed by atoms with van der Waals surface area (Å²) in [5, 5.41) is 3.97. The summed E-state index contributed by atoms with van der Waals surface area (Å²) in [6.45, 7) is 8.84. The summed E-state index contributed by atoms with van der Waals surface area (Å²) in [7, 11) is 0. The van der Waals surface area contributed by atoms with Crippen molar-refractivity contribution in [3.05, 3.63) is 106 Å². The molecule has 1 heterocycles. The largest absolute Gasteiger partial charge is 0.439 e. The Morgan fingerprint density at radius 1 is 1.00 bits per heavy atom. The second-order valence-electron chi connectivity index (χ2n) is 8.85. The van der Waals surface area contributed by atoms with Gasteiger partial charge in [-0.15, -0.1) is 0 Å². The first-order valence-corrected chi connectivity index (χ1v) is 11.1. The van der Waals surface area contributed by atoms with Crippen molar-refractivity contribution in [3.63, 3.8) is 0 Å². The van der Waals surface area contributed by atoms with E-state index in [1.807, 2.05) is 18.2 Å². The van der Waals surface area contributed by atoms with E-state index in [0.29, 0.717) is 11.7 Å². The molecular weight excluding hydrogens is 396 g/mol. The lowest BCUT2D eigenvalue weighted by atomic mass is 9.74. The zero-order valence-electron chi connectivity index (χ0n) is 19.1. The molecular formula is C28H29N2O2. The van der Waals surface area contributed by atoms with Crippen LogP contribution in [0.3, 0.4) is 0 Å². The van der Waals surface area contributed by atoms with Crippen molar-refractivity contribution >= 4 is 0 Å². The van der Waals surface area contributed by atoms with Crippen LogP contribution in [0.5, 0.6) is 0 Å². The van der Waals surface area contributed by atoms with Gasteiger partial charge < -0.3 is 0 Å². The van der Waals surface area contributed by atoms with Crippen molar-refractivity contribution in [2.45, 2.75) is 45.4 Å². The number of aromatic nitrogens is 2. The molecule has 32 heavy (non-hydrogen) atoms. The van der Waals surface area contributed by atoms with Crippen molar-refractivity contribution in [2.75, 3.05) is 0 Å². The van der Waals surface area contributed by atoms with Crippen LogP contribution >= 0.6 is 0 Å². The van der Waals surface area contributed by atoms with Gasteiger partial charge in [0.25, 0.3) is 0 Å². The number of hydrogen-bond acceptors (Lipinski definition) is 3. The lowest BCUT2D eigenvalue weighted by molar-refractivity contribution is 0.388. The molecule has 0 aliphatic carbocycles. The van der Waals surface area contributed by atoms with Crippen molar-refractivity contribution < 1.29 is 4.52 Å². The summed E-state index contributed by atoms with van der Waals surface area (Å²) in [4.78, 5) is 14.4. The number of nitrogens with zero attached hydrogens (tertiary/aromatic N) is 1. The highest BCUT2D eigenvalue weighted by Crippen LogP contribution is 2.36. The van der Waals surface area contributed by atoms with Gasteiger partial charge in [0, 0.05) is 5.56 Å². The number of aromatic amines is 1. The minimum Gasteiger partial charge on any atom is -0.296 e. The molecule has 1 radical (unpaired) electrons. The van der Waals surface area contributed by atoms with Gasteiger partial charge in [0.05, 0.1) is 0 Å². The minimum atomic E-state index is -0.554. The van der Waals surface area contributed by atoms with Crippen molar-refractivity contribution in [3.8, 4) is 22.5 Å². The average Bonchev–Trinajstić information content (AvgIpc) is 3.25. The molecule has 1 unspecified atom stereocenters. The number of nitrogens with one attached hydrogen (secondary N) is 1. The number of H-pyrrole nitrogens is 1. The first kappa shape index (κ1) is 21.8. The van der Waals surface area contributed by atoms with Gasteiger partial charge >= 0.3 is 5.76 Å². The van der Waals surface area contributed by atoms with Gasteiger partial charge in [-0.1, -0.05) is 99.6 Å². The van der Waals surface area contributed by atoms with Crippen LogP contribution in [0, 0.1) is 6.42 Å². The summed E-state index contributed by atoms with van der Waals surface area (Å²) in [5.74, 6) is 0.373. The second kappa shape index (κ2) is 8.99. The summed E-state index contributed by atoms with van der Waals surface area (Å²) >= 11 is 0. The third kappa shape index (κ3) is 4.45. The third-order valence-corrected chi connectivity index (χ3v) is 6.29. The molecule has 1 atom stereocenters. The summed E-state index contributed by atoms with van der Waals surface area (Å²) in [6, 6.07) is 25.4. The van der Waals surface area contributed by atoms with Gasteiger partial charge in [0.1, 0.15) is 0 Å². The quantitative estimate of drug-likeness (QED) is 0.365. The first-order valence-electron chi connectivity index (χ1n) is 11.1. The lowest BCUT2D eigenvalue weighted by Gasteiger charge is -2.30. The van der Waals surface area contributed by atoms with E-state index in [9.17, 15) is 4.79 Å². The fraction of sp³-hybridized carbons (Fsp3) is 0.250. The normalized spacial score (nSPS) is 13.3. The molecule has 0 spiro atoms. The minimum absolute atomic E-state index is 0.131. The van der Waals surface area contributed by atoms with Crippen molar-refractivity contribution in [2.24, 2.45) is 0 Å². The average molecular weight is 426 g/mol. The van der Waals surface area contributed by atoms with E-state index in [2.05, 4.69) is 98.9 Å². The predicted octanol–water partition coefficient (Wildman–Crippen LogP) is 6.54. The van der Waals surface area contributed by atoms with Crippen LogP contribution < -0.4 is 5.76 Å². The SMILES string of the molecule is C[CH]C(C)(Cc1ccc(-c2ccccc2)c(-c2noc(=O)[nH]2)c1)c1cccc(C(C)C)c1. The Balaban J connectivity index is 1.77. The molecule has 4 aromatic rings. The maximum Gasteiger partial charge on any atom is 0.439 e. The fourth-order valence-corrected chi connectivity index (χ4v) is 4.16. The Morgan fingerprint density at radius 2 is 1.78 bits per heavy atom. The van der Waals surface area contributed by atoms with Gasteiger partial charge in [-0.2, -0.15) is 0 Å². The molecule has 0 amide bonds. The molecule has 1 aromatic heterocycles. The molecule has 3 aromatic carbocycles. The first-order chi connectivity index (χ1) is 15.4. The van der Waals surface area contributed by atoms with E-state index in [1.54, 1.807) is 0 Å². The molecule has 0 aliphatic rings. The van der Waals surface area contributed by atoms with Crippen LogP contribution in [0.1, 0.15) is 50.3 Å². The van der Waals surface area contributed by atoms with E-state index in [4.69, 9.17) is 4.52 Å². The zero-order valence-corrected chi connectivity index (χ0v) is 19.1. The molecule has 0 bridgehead atoms. The Labute approximate surface area is 189 Å². The number of benzene rings is 3. The molecule has 4 heteroatoms. The van der Waals surface area contributed by atoms with Gasteiger partial charge in [-0.25, -0.2) is 4.79 Å². The molecule has 0 saturated heterocycles. The Kier molecular flexibility index (Phi) is 6.13. The van der Waals surface area contributed by atoms with Crippen LogP contribution in [-0.2, 0) is 11.8 Å². The Hall–Kier alpha value is -3.40.